The number of halogens is 1. The van der Waals surface area contributed by atoms with Gasteiger partial charge in [0.15, 0.2) is 5.82 Å². The monoisotopic (exact) mass is 261 g/mol. The minimum absolute atomic E-state index is 0.00959. The van der Waals surface area contributed by atoms with E-state index in [1.54, 1.807) is 24.5 Å². The van der Waals surface area contributed by atoms with Crippen molar-refractivity contribution in [2.24, 2.45) is 0 Å². The van der Waals surface area contributed by atoms with Crippen LogP contribution in [-0.4, -0.2) is 27.7 Å². The fraction of sp³-hybridized carbons (Fsp3) is 0.286. The van der Waals surface area contributed by atoms with Gasteiger partial charge in [0, 0.05) is 18.0 Å². The average Bonchev–Trinajstić information content (AvgIpc) is 2.45. The molecule has 0 radical (unpaired) electrons. The zero-order valence-electron chi connectivity index (χ0n) is 10.7. The van der Waals surface area contributed by atoms with Gasteiger partial charge in [0.1, 0.15) is 11.5 Å². The van der Waals surface area contributed by atoms with E-state index in [9.17, 15) is 9.50 Å². The maximum atomic E-state index is 13.3. The second kappa shape index (κ2) is 6.24. The minimum atomic E-state index is -0.316. The number of benzene rings is 1. The molecule has 0 fully saturated rings. The molecular weight excluding hydrogens is 245 g/mol. The highest BCUT2D eigenvalue weighted by Gasteiger charge is 2.12. The van der Waals surface area contributed by atoms with Gasteiger partial charge in [-0.3, -0.25) is 4.98 Å². The molecule has 0 bridgehead atoms. The van der Waals surface area contributed by atoms with Crippen LogP contribution < -0.4 is 5.32 Å². The Kier molecular flexibility index (Phi) is 4.41. The summed E-state index contributed by atoms with van der Waals surface area (Å²) in [6.45, 7) is 1.97. The van der Waals surface area contributed by atoms with Crippen LogP contribution >= 0.6 is 0 Å². The van der Waals surface area contributed by atoms with Crippen LogP contribution in [0.3, 0.4) is 0 Å². The molecule has 5 heteroatoms. The Morgan fingerprint density at radius 3 is 2.79 bits per heavy atom. The first kappa shape index (κ1) is 13.4. The lowest BCUT2D eigenvalue weighted by molar-refractivity contribution is 0.271. The molecule has 19 heavy (non-hydrogen) atoms. The summed E-state index contributed by atoms with van der Waals surface area (Å²) in [6.07, 6.45) is 3.89. The Balaban J connectivity index is 2.35. The van der Waals surface area contributed by atoms with Crippen LogP contribution in [0.4, 0.5) is 10.2 Å². The molecule has 100 valence electrons. The van der Waals surface area contributed by atoms with Crippen molar-refractivity contribution in [3.05, 3.63) is 42.5 Å². The summed E-state index contributed by atoms with van der Waals surface area (Å²) < 4.78 is 13.3. The highest BCUT2D eigenvalue weighted by Crippen LogP contribution is 2.24. The summed E-state index contributed by atoms with van der Waals surface area (Å²) in [5, 5.41) is 12.3. The smallest absolute Gasteiger partial charge is 0.152 e. The molecule has 1 atom stereocenters. The van der Waals surface area contributed by atoms with Gasteiger partial charge in [0.2, 0.25) is 0 Å². The number of hydrogen-bond acceptors (Lipinski definition) is 4. The van der Waals surface area contributed by atoms with E-state index in [0.29, 0.717) is 17.1 Å². The highest BCUT2D eigenvalue weighted by atomic mass is 19.1. The maximum absolute atomic E-state index is 13.3. The van der Waals surface area contributed by atoms with Gasteiger partial charge in [-0.1, -0.05) is 19.1 Å². The largest absolute Gasteiger partial charge is 0.394 e. The molecule has 2 N–H and O–H groups in total. The molecule has 0 aliphatic carbocycles. The average molecular weight is 261 g/mol. The molecule has 0 saturated carbocycles. The number of hydrogen-bond donors (Lipinski definition) is 2. The van der Waals surface area contributed by atoms with E-state index < -0.39 is 0 Å². The van der Waals surface area contributed by atoms with Crippen molar-refractivity contribution in [1.29, 1.82) is 0 Å². The summed E-state index contributed by atoms with van der Waals surface area (Å²) >= 11 is 0. The van der Waals surface area contributed by atoms with Gasteiger partial charge >= 0.3 is 0 Å². The zero-order valence-corrected chi connectivity index (χ0v) is 10.7. The predicted octanol–water partition coefficient (Wildman–Crippen LogP) is 2.47. The molecule has 0 amide bonds. The SMILES string of the molecule is CCC(CO)Nc1nccnc1-c1cccc(F)c1. The van der Waals surface area contributed by atoms with E-state index in [1.165, 1.54) is 12.1 Å². The van der Waals surface area contributed by atoms with E-state index in [-0.39, 0.29) is 18.5 Å². The van der Waals surface area contributed by atoms with E-state index in [4.69, 9.17) is 0 Å². The maximum Gasteiger partial charge on any atom is 0.152 e. The predicted molar refractivity (Wildman–Crippen MR) is 72.2 cm³/mol. The molecule has 0 aliphatic rings. The standard InChI is InChI=1S/C14H16FN3O/c1-2-12(9-19)18-14-13(16-6-7-17-14)10-4-3-5-11(15)8-10/h3-8,12,19H,2,9H2,1H3,(H,17,18). The number of anilines is 1. The molecular formula is C14H16FN3O. The fourth-order valence-electron chi connectivity index (χ4n) is 1.76. The molecule has 1 heterocycles. The summed E-state index contributed by atoms with van der Waals surface area (Å²) in [4.78, 5) is 8.45. The summed E-state index contributed by atoms with van der Waals surface area (Å²) in [5.74, 6) is 0.234. The van der Waals surface area contributed by atoms with Crippen LogP contribution in [0, 0.1) is 5.82 Å². The number of nitrogens with zero attached hydrogens (tertiary/aromatic N) is 2. The Hall–Kier alpha value is -2.01. The van der Waals surface area contributed by atoms with Crippen LogP contribution in [0.5, 0.6) is 0 Å². The van der Waals surface area contributed by atoms with E-state index in [0.717, 1.165) is 6.42 Å². The van der Waals surface area contributed by atoms with Crippen molar-refractivity contribution in [2.45, 2.75) is 19.4 Å². The topological polar surface area (TPSA) is 58.0 Å². The first-order valence-electron chi connectivity index (χ1n) is 6.19. The van der Waals surface area contributed by atoms with E-state index >= 15 is 0 Å². The quantitative estimate of drug-likeness (QED) is 0.868. The van der Waals surface area contributed by atoms with Gasteiger partial charge < -0.3 is 10.4 Å². The Morgan fingerprint density at radius 2 is 2.11 bits per heavy atom. The third kappa shape index (κ3) is 3.26. The molecule has 0 saturated heterocycles. The van der Waals surface area contributed by atoms with Gasteiger partial charge in [-0.2, -0.15) is 0 Å². The molecule has 0 spiro atoms. The van der Waals surface area contributed by atoms with Crippen LogP contribution in [-0.2, 0) is 0 Å². The first-order valence-corrected chi connectivity index (χ1v) is 6.19. The van der Waals surface area contributed by atoms with Gasteiger partial charge in [-0.15, -0.1) is 0 Å². The van der Waals surface area contributed by atoms with Gasteiger partial charge in [-0.25, -0.2) is 9.37 Å². The number of aliphatic hydroxyl groups excluding tert-OH is 1. The molecule has 0 aliphatic heterocycles. The molecule has 2 aromatic rings. The zero-order chi connectivity index (χ0) is 13.7. The van der Waals surface area contributed by atoms with Crippen LogP contribution in [0.15, 0.2) is 36.7 Å². The van der Waals surface area contributed by atoms with E-state index in [1.807, 2.05) is 6.92 Å². The Bertz CT molecular complexity index is 544. The second-order valence-corrected chi connectivity index (χ2v) is 4.20. The molecule has 1 aromatic carbocycles. The van der Waals surface area contributed by atoms with Crippen molar-refractivity contribution in [1.82, 2.24) is 9.97 Å². The molecule has 1 unspecified atom stereocenters. The molecule has 2 rings (SSSR count). The van der Waals surface area contributed by atoms with Gasteiger partial charge in [0.05, 0.1) is 12.6 Å². The van der Waals surface area contributed by atoms with Crippen molar-refractivity contribution >= 4 is 5.82 Å². The Morgan fingerprint density at radius 1 is 1.32 bits per heavy atom. The van der Waals surface area contributed by atoms with Crippen molar-refractivity contribution in [2.75, 3.05) is 11.9 Å². The number of aromatic nitrogens is 2. The van der Waals surface area contributed by atoms with Crippen LogP contribution in [0.25, 0.3) is 11.3 Å². The minimum Gasteiger partial charge on any atom is -0.394 e. The lowest BCUT2D eigenvalue weighted by Gasteiger charge is -2.16. The van der Waals surface area contributed by atoms with E-state index in [2.05, 4.69) is 15.3 Å². The van der Waals surface area contributed by atoms with Gasteiger partial charge in [-0.05, 0) is 18.6 Å². The third-order valence-corrected chi connectivity index (χ3v) is 2.85. The van der Waals surface area contributed by atoms with Crippen LogP contribution in [0.2, 0.25) is 0 Å². The number of aliphatic hydroxyl groups is 1. The highest BCUT2D eigenvalue weighted by molar-refractivity contribution is 5.71. The molecule has 4 nitrogen and oxygen atoms in total. The Labute approximate surface area is 111 Å². The number of nitrogens with one attached hydrogen (secondary N) is 1. The second-order valence-electron chi connectivity index (χ2n) is 4.20. The fourth-order valence-corrected chi connectivity index (χ4v) is 1.76. The summed E-state index contributed by atoms with van der Waals surface area (Å²) in [5.41, 5.74) is 1.23. The van der Waals surface area contributed by atoms with Crippen molar-refractivity contribution < 1.29 is 9.50 Å². The van der Waals surface area contributed by atoms with Crippen LogP contribution in [0.1, 0.15) is 13.3 Å². The van der Waals surface area contributed by atoms with Crippen molar-refractivity contribution in [3.8, 4) is 11.3 Å². The summed E-state index contributed by atoms with van der Waals surface area (Å²) in [7, 11) is 0. The lowest BCUT2D eigenvalue weighted by Crippen LogP contribution is -2.23. The molecule has 1 aromatic heterocycles. The third-order valence-electron chi connectivity index (χ3n) is 2.85. The summed E-state index contributed by atoms with van der Waals surface area (Å²) in [6, 6.07) is 6.11. The lowest BCUT2D eigenvalue weighted by atomic mass is 10.1. The first-order chi connectivity index (χ1) is 9.24. The van der Waals surface area contributed by atoms with Gasteiger partial charge in [0.25, 0.3) is 0 Å². The normalized spacial score (nSPS) is 12.2. The van der Waals surface area contributed by atoms with Crippen molar-refractivity contribution in [3.63, 3.8) is 0 Å². The number of rotatable bonds is 5.